The van der Waals surface area contributed by atoms with E-state index in [1.54, 1.807) is 11.9 Å². The molecule has 0 amide bonds. The van der Waals surface area contributed by atoms with Crippen molar-refractivity contribution < 1.29 is 9.78 Å². The maximum absolute atomic E-state index is 4.62. The first kappa shape index (κ1) is 4.14. The lowest BCUT2D eigenvalue weighted by atomic mass is 10.4. The molecule has 0 radical (unpaired) electrons. The molecular weight excluding hydrogens is 114 g/mol. The Kier molecular flexibility index (Phi) is 0.674. The van der Waals surface area contributed by atoms with Crippen molar-refractivity contribution in [1.29, 1.82) is 0 Å². The van der Waals surface area contributed by atoms with E-state index in [9.17, 15) is 0 Å². The van der Waals surface area contributed by atoms with Crippen LogP contribution in [0.5, 0.6) is 0 Å². The van der Waals surface area contributed by atoms with Gasteiger partial charge in [0.15, 0.2) is 0 Å². The molecule has 0 aromatic rings. The summed E-state index contributed by atoms with van der Waals surface area (Å²) in [5, 5.41) is 0. The van der Waals surface area contributed by atoms with E-state index in [0.29, 0.717) is 0 Å². The van der Waals surface area contributed by atoms with Gasteiger partial charge in [-0.3, -0.25) is 0 Å². The molecule has 2 rings (SSSR count). The smallest absolute Gasteiger partial charge is 0.206 e. The number of hydrogen-bond donors (Lipinski definition) is 1. The molecular formula is C3H5NO2S. The topological polar surface area (TPSA) is 37.1 Å². The molecule has 4 heteroatoms. The van der Waals surface area contributed by atoms with E-state index in [2.05, 4.69) is 14.5 Å². The largest absolute Gasteiger partial charge is 0.297 e. The van der Waals surface area contributed by atoms with Crippen molar-refractivity contribution in [2.24, 2.45) is 0 Å². The van der Waals surface area contributed by atoms with E-state index in [1.165, 1.54) is 0 Å². The summed E-state index contributed by atoms with van der Waals surface area (Å²) in [4.78, 5) is 9.25. The van der Waals surface area contributed by atoms with Crippen LogP contribution in [0.1, 0.15) is 6.42 Å². The summed E-state index contributed by atoms with van der Waals surface area (Å²) in [6, 6.07) is 0. The molecule has 0 bridgehead atoms. The van der Waals surface area contributed by atoms with Crippen LogP contribution >= 0.6 is 11.9 Å². The number of rotatable bonds is 0. The molecule has 0 saturated carbocycles. The summed E-state index contributed by atoms with van der Waals surface area (Å²) in [7, 11) is 0. The molecule has 1 spiro atoms. The second-order valence-corrected chi connectivity index (χ2v) is 2.52. The minimum Gasteiger partial charge on any atom is -0.206 e. The zero-order valence-electron chi connectivity index (χ0n) is 3.64. The fourth-order valence-corrected chi connectivity index (χ4v) is 1.43. The molecule has 1 N–H and O–H groups in total. The van der Waals surface area contributed by atoms with Gasteiger partial charge in [0.25, 0.3) is 5.91 Å². The van der Waals surface area contributed by atoms with Crippen molar-refractivity contribution in [3.63, 3.8) is 0 Å². The molecule has 0 aromatic carbocycles. The van der Waals surface area contributed by atoms with E-state index >= 15 is 0 Å². The van der Waals surface area contributed by atoms with Gasteiger partial charge in [-0.05, 0) is 0 Å². The Morgan fingerprint density at radius 3 is 2.71 bits per heavy atom. The normalized spacial score (nSPS) is 34.3. The minimum atomic E-state index is -0.343. The van der Waals surface area contributed by atoms with Crippen LogP contribution in [0, 0.1) is 0 Å². The fourth-order valence-electron chi connectivity index (χ4n) is 0.565. The number of nitrogens with one attached hydrogen (secondary N) is 1. The Morgan fingerprint density at radius 2 is 2.43 bits per heavy atom. The van der Waals surface area contributed by atoms with Gasteiger partial charge in [0.05, 0.1) is 0 Å². The molecule has 0 aliphatic carbocycles. The summed E-state index contributed by atoms with van der Waals surface area (Å²) < 4.78 is 2.98. The molecule has 2 saturated heterocycles. The summed E-state index contributed by atoms with van der Waals surface area (Å²) in [6.45, 7) is 0. The zero-order chi connectivity index (χ0) is 4.74. The monoisotopic (exact) mass is 119 g/mol. The van der Waals surface area contributed by atoms with Crippen LogP contribution in [0.15, 0.2) is 0 Å². The van der Waals surface area contributed by atoms with Gasteiger partial charge in [-0.1, -0.05) is 11.9 Å². The standard InChI is InChI=1S/C3H5NO2S/c1-2-7-4-3(1)5-6-3/h4H,1-2H2. The molecule has 2 aliphatic heterocycles. The highest BCUT2D eigenvalue weighted by molar-refractivity contribution is 7.97. The van der Waals surface area contributed by atoms with Crippen LogP contribution in [0.2, 0.25) is 0 Å². The Bertz CT molecular complexity index is 84.9. The predicted octanol–water partition coefficient (Wildman–Crippen LogP) is 0.243. The third kappa shape index (κ3) is 0.551. The third-order valence-corrected chi connectivity index (χ3v) is 1.91. The first-order valence-electron chi connectivity index (χ1n) is 2.17. The van der Waals surface area contributed by atoms with Gasteiger partial charge in [0, 0.05) is 12.2 Å². The van der Waals surface area contributed by atoms with Gasteiger partial charge in [0.2, 0.25) is 0 Å². The Labute approximate surface area is 45.4 Å². The van der Waals surface area contributed by atoms with Gasteiger partial charge in [0.1, 0.15) is 0 Å². The van der Waals surface area contributed by atoms with Gasteiger partial charge in [-0.15, -0.1) is 0 Å². The average Bonchev–Trinajstić information content (AvgIpc) is 2.15. The van der Waals surface area contributed by atoms with E-state index < -0.39 is 0 Å². The molecule has 7 heavy (non-hydrogen) atoms. The molecule has 40 valence electrons. The van der Waals surface area contributed by atoms with Crippen molar-refractivity contribution in [3.05, 3.63) is 0 Å². The highest BCUT2D eigenvalue weighted by Crippen LogP contribution is 2.37. The number of hydrogen-bond acceptors (Lipinski definition) is 4. The van der Waals surface area contributed by atoms with Gasteiger partial charge in [-0.2, -0.15) is 9.78 Å². The molecule has 2 heterocycles. The molecule has 0 aromatic heterocycles. The van der Waals surface area contributed by atoms with Gasteiger partial charge < -0.3 is 0 Å². The first-order chi connectivity index (χ1) is 3.41. The third-order valence-electron chi connectivity index (χ3n) is 1.05. The van der Waals surface area contributed by atoms with Gasteiger partial charge >= 0.3 is 0 Å². The predicted molar refractivity (Wildman–Crippen MR) is 25.1 cm³/mol. The van der Waals surface area contributed by atoms with Crippen LogP contribution in [-0.2, 0) is 9.78 Å². The fraction of sp³-hybridized carbons (Fsp3) is 1.00. The van der Waals surface area contributed by atoms with Gasteiger partial charge in [-0.25, -0.2) is 4.72 Å². The molecule has 0 atom stereocenters. The van der Waals surface area contributed by atoms with Crippen molar-refractivity contribution >= 4 is 11.9 Å². The van der Waals surface area contributed by atoms with Crippen molar-refractivity contribution in [1.82, 2.24) is 4.72 Å². The van der Waals surface area contributed by atoms with E-state index in [1.807, 2.05) is 0 Å². The van der Waals surface area contributed by atoms with Crippen LogP contribution in [0.4, 0.5) is 0 Å². The van der Waals surface area contributed by atoms with E-state index in [0.717, 1.165) is 12.2 Å². The maximum atomic E-state index is 4.62. The minimum absolute atomic E-state index is 0.343. The summed E-state index contributed by atoms with van der Waals surface area (Å²) >= 11 is 1.64. The lowest BCUT2D eigenvalue weighted by molar-refractivity contribution is 0.0850. The van der Waals surface area contributed by atoms with Crippen molar-refractivity contribution in [2.45, 2.75) is 12.3 Å². The second-order valence-electron chi connectivity index (χ2n) is 1.62. The summed E-state index contributed by atoms with van der Waals surface area (Å²) in [6.07, 6.45) is 0.970. The highest BCUT2D eigenvalue weighted by atomic mass is 32.2. The van der Waals surface area contributed by atoms with Crippen LogP contribution in [0.3, 0.4) is 0 Å². The average molecular weight is 119 g/mol. The quantitative estimate of drug-likeness (QED) is 0.281. The van der Waals surface area contributed by atoms with E-state index in [4.69, 9.17) is 0 Å². The zero-order valence-corrected chi connectivity index (χ0v) is 4.46. The van der Waals surface area contributed by atoms with E-state index in [-0.39, 0.29) is 5.91 Å². The summed E-state index contributed by atoms with van der Waals surface area (Å²) in [5.41, 5.74) is 0. The Hall–Kier alpha value is 0.230. The maximum Gasteiger partial charge on any atom is 0.297 e. The lowest BCUT2D eigenvalue weighted by Crippen LogP contribution is -2.18. The Balaban J connectivity index is 2.07. The van der Waals surface area contributed by atoms with Crippen molar-refractivity contribution in [3.8, 4) is 0 Å². The summed E-state index contributed by atoms with van der Waals surface area (Å²) in [5.74, 6) is 0.741. The van der Waals surface area contributed by atoms with Crippen molar-refractivity contribution in [2.75, 3.05) is 5.75 Å². The molecule has 2 fully saturated rings. The van der Waals surface area contributed by atoms with Crippen LogP contribution in [-0.4, -0.2) is 11.7 Å². The molecule has 2 aliphatic rings. The molecule has 3 nitrogen and oxygen atoms in total. The molecule has 0 unspecified atom stereocenters. The lowest BCUT2D eigenvalue weighted by Gasteiger charge is -1.87. The SMILES string of the molecule is C1CC2(NS1)OO2. The second kappa shape index (κ2) is 1.14. The Morgan fingerprint density at radius 1 is 1.57 bits per heavy atom. The highest BCUT2D eigenvalue weighted by Gasteiger charge is 2.51. The van der Waals surface area contributed by atoms with Crippen LogP contribution < -0.4 is 4.72 Å². The first-order valence-corrected chi connectivity index (χ1v) is 3.16. The van der Waals surface area contributed by atoms with Crippen LogP contribution in [0.25, 0.3) is 0 Å².